The van der Waals surface area contributed by atoms with E-state index in [1.807, 2.05) is 36.1 Å². The molecule has 1 aliphatic heterocycles. The first kappa shape index (κ1) is 22.3. The van der Waals surface area contributed by atoms with Gasteiger partial charge in [-0.1, -0.05) is 39.3 Å². The highest BCUT2D eigenvalue weighted by Gasteiger charge is 2.33. The zero-order chi connectivity index (χ0) is 23.0. The molecule has 2 heterocycles. The summed E-state index contributed by atoms with van der Waals surface area (Å²) >= 11 is 6.04. The summed E-state index contributed by atoms with van der Waals surface area (Å²) < 4.78 is 15.6. The average Bonchev–Trinajstić information content (AvgIpc) is 3.11. The lowest BCUT2D eigenvalue weighted by Gasteiger charge is -2.34. The minimum atomic E-state index is -0.294. The third kappa shape index (κ3) is 4.51. The van der Waals surface area contributed by atoms with Gasteiger partial charge in [0.2, 0.25) is 5.91 Å². The molecule has 1 amide bonds. The molecule has 2 aromatic carbocycles. The van der Waals surface area contributed by atoms with Crippen molar-refractivity contribution in [1.82, 2.24) is 14.5 Å². The summed E-state index contributed by atoms with van der Waals surface area (Å²) in [6, 6.07) is 13.8. The van der Waals surface area contributed by atoms with Crippen LogP contribution in [0.3, 0.4) is 0 Å². The number of hydrogen-bond acceptors (Lipinski definition) is 3. The van der Waals surface area contributed by atoms with E-state index in [-0.39, 0.29) is 23.1 Å². The average molecular weight is 455 g/mol. The van der Waals surface area contributed by atoms with Gasteiger partial charge in [-0.05, 0) is 53.9 Å². The van der Waals surface area contributed by atoms with Gasteiger partial charge in [-0.15, -0.1) is 0 Å². The largest absolute Gasteiger partial charge is 0.340 e. The van der Waals surface area contributed by atoms with Crippen molar-refractivity contribution in [2.75, 3.05) is 11.9 Å². The summed E-state index contributed by atoms with van der Waals surface area (Å²) in [6.07, 6.45) is 0. The zero-order valence-electron chi connectivity index (χ0n) is 18.8. The highest BCUT2D eigenvalue weighted by Crippen LogP contribution is 2.35. The van der Waals surface area contributed by atoms with Gasteiger partial charge in [0.1, 0.15) is 23.2 Å². The standard InChI is InChI=1S/C25H28ClFN4O/c1-16(25(2,3)4)24(32)30-13-14-31-21(15-30)29-22(17-5-9-19(27)10-6-17)23(31)28-20-11-7-18(26)8-12-20/h5-12,16,28H,13-15H2,1-4H3. The Morgan fingerprint density at radius 2 is 1.75 bits per heavy atom. The van der Waals surface area contributed by atoms with E-state index in [9.17, 15) is 9.18 Å². The van der Waals surface area contributed by atoms with Crippen LogP contribution in [0.2, 0.25) is 5.02 Å². The molecule has 0 bridgehead atoms. The lowest BCUT2D eigenvalue weighted by Crippen LogP contribution is -2.44. The number of nitrogens with zero attached hydrogens (tertiary/aromatic N) is 3. The van der Waals surface area contributed by atoms with Crippen LogP contribution in [-0.2, 0) is 17.9 Å². The molecule has 0 radical (unpaired) electrons. The highest BCUT2D eigenvalue weighted by atomic mass is 35.5. The number of carbonyl (C=O) groups is 1. The van der Waals surface area contributed by atoms with E-state index in [4.69, 9.17) is 16.6 Å². The van der Waals surface area contributed by atoms with Crippen molar-refractivity contribution >= 4 is 29.0 Å². The van der Waals surface area contributed by atoms with Crippen LogP contribution in [0.4, 0.5) is 15.9 Å². The fourth-order valence-corrected chi connectivity index (χ4v) is 3.90. The van der Waals surface area contributed by atoms with Crippen LogP contribution in [-0.4, -0.2) is 26.9 Å². The molecule has 7 heteroatoms. The minimum absolute atomic E-state index is 0.0905. The second-order valence-corrected chi connectivity index (χ2v) is 9.80. The normalized spacial score (nSPS) is 14.8. The molecule has 0 fully saturated rings. The van der Waals surface area contributed by atoms with Gasteiger partial charge >= 0.3 is 0 Å². The third-order valence-corrected chi connectivity index (χ3v) is 6.43. The highest BCUT2D eigenvalue weighted by molar-refractivity contribution is 6.30. The van der Waals surface area contributed by atoms with Crippen LogP contribution >= 0.6 is 11.6 Å². The van der Waals surface area contributed by atoms with Gasteiger partial charge in [0.25, 0.3) is 0 Å². The van der Waals surface area contributed by atoms with Crippen LogP contribution in [0.1, 0.15) is 33.5 Å². The fraction of sp³-hybridized carbons (Fsp3) is 0.360. The van der Waals surface area contributed by atoms with E-state index in [0.717, 1.165) is 28.6 Å². The van der Waals surface area contributed by atoms with E-state index in [2.05, 4.69) is 30.7 Å². The molecule has 1 aromatic heterocycles. The van der Waals surface area contributed by atoms with Gasteiger partial charge in [0, 0.05) is 35.3 Å². The number of fused-ring (bicyclic) bond motifs is 1. The molecule has 5 nitrogen and oxygen atoms in total. The summed E-state index contributed by atoms with van der Waals surface area (Å²) in [7, 11) is 0. The van der Waals surface area contributed by atoms with Gasteiger partial charge in [0.15, 0.2) is 0 Å². The molecule has 1 aliphatic rings. The molecule has 3 aromatic rings. The molecule has 4 rings (SSSR count). The van der Waals surface area contributed by atoms with E-state index < -0.39 is 0 Å². The fourth-order valence-electron chi connectivity index (χ4n) is 3.77. The SMILES string of the molecule is CC(C(=O)N1CCn2c(nc(-c3ccc(F)cc3)c2Nc2ccc(Cl)cc2)C1)C(C)(C)C. The Labute approximate surface area is 193 Å². The first-order valence-electron chi connectivity index (χ1n) is 10.8. The minimum Gasteiger partial charge on any atom is -0.340 e. The topological polar surface area (TPSA) is 50.2 Å². The summed E-state index contributed by atoms with van der Waals surface area (Å²) in [6.45, 7) is 9.92. The molecule has 32 heavy (non-hydrogen) atoms. The van der Waals surface area contributed by atoms with E-state index in [1.54, 1.807) is 12.1 Å². The quantitative estimate of drug-likeness (QED) is 0.517. The van der Waals surface area contributed by atoms with Crippen LogP contribution in [0.15, 0.2) is 48.5 Å². The number of carbonyl (C=O) groups excluding carboxylic acids is 1. The second kappa shape index (κ2) is 8.58. The molecule has 0 saturated heterocycles. The number of hydrogen-bond donors (Lipinski definition) is 1. The predicted molar refractivity (Wildman–Crippen MR) is 126 cm³/mol. The second-order valence-electron chi connectivity index (χ2n) is 9.36. The van der Waals surface area contributed by atoms with Crippen LogP contribution in [0.5, 0.6) is 0 Å². The Hall–Kier alpha value is -2.86. The van der Waals surface area contributed by atoms with E-state index >= 15 is 0 Å². The molecule has 0 aliphatic carbocycles. The van der Waals surface area contributed by atoms with Crippen molar-refractivity contribution < 1.29 is 9.18 Å². The zero-order valence-corrected chi connectivity index (χ0v) is 19.6. The number of halogens is 2. The lowest BCUT2D eigenvalue weighted by atomic mass is 9.81. The maximum Gasteiger partial charge on any atom is 0.226 e. The first-order chi connectivity index (χ1) is 15.1. The Balaban J connectivity index is 1.70. The predicted octanol–water partition coefficient (Wildman–Crippen LogP) is 6.11. The Morgan fingerprint density at radius 1 is 1.09 bits per heavy atom. The van der Waals surface area contributed by atoms with Crippen molar-refractivity contribution in [2.24, 2.45) is 11.3 Å². The van der Waals surface area contributed by atoms with E-state index in [0.29, 0.717) is 24.7 Å². The van der Waals surface area contributed by atoms with Crippen molar-refractivity contribution in [3.05, 3.63) is 65.2 Å². The van der Waals surface area contributed by atoms with Gasteiger partial charge in [-0.2, -0.15) is 0 Å². The number of amides is 1. The van der Waals surface area contributed by atoms with Gasteiger partial charge in [0.05, 0.1) is 6.54 Å². The summed E-state index contributed by atoms with van der Waals surface area (Å²) in [5, 5.41) is 4.12. The number of nitrogens with one attached hydrogen (secondary N) is 1. The molecule has 0 spiro atoms. The smallest absolute Gasteiger partial charge is 0.226 e. The number of imidazole rings is 1. The van der Waals surface area contributed by atoms with Gasteiger partial charge in [-0.3, -0.25) is 4.79 Å². The Morgan fingerprint density at radius 3 is 2.38 bits per heavy atom. The van der Waals surface area contributed by atoms with Gasteiger partial charge in [-0.25, -0.2) is 9.37 Å². The molecule has 1 unspecified atom stereocenters. The summed E-state index contributed by atoms with van der Waals surface area (Å²) in [5.41, 5.74) is 2.31. The van der Waals surface area contributed by atoms with Crippen molar-refractivity contribution in [3.63, 3.8) is 0 Å². The molecule has 0 saturated carbocycles. The maximum absolute atomic E-state index is 13.5. The lowest BCUT2D eigenvalue weighted by molar-refractivity contribution is -0.139. The molecular formula is C25H28ClFN4O. The molecular weight excluding hydrogens is 427 g/mol. The van der Waals surface area contributed by atoms with Gasteiger partial charge < -0.3 is 14.8 Å². The van der Waals surface area contributed by atoms with Crippen LogP contribution in [0, 0.1) is 17.2 Å². The van der Waals surface area contributed by atoms with Crippen molar-refractivity contribution in [1.29, 1.82) is 0 Å². The Kier molecular flexibility index (Phi) is 5.99. The third-order valence-electron chi connectivity index (χ3n) is 6.18. The van der Waals surface area contributed by atoms with Crippen molar-refractivity contribution in [3.8, 4) is 11.3 Å². The van der Waals surface area contributed by atoms with Crippen molar-refractivity contribution in [2.45, 2.75) is 40.8 Å². The number of rotatable bonds is 4. The van der Waals surface area contributed by atoms with Crippen LogP contribution < -0.4 is 5.32 Å². The summed E-state index contributed by atoms with van der Waals surface area (Å²) in [4.78, 5) is 19.9. The van der Waals surface area contributed by atoms with Crippen LogP contribution in [0.25, 0.3) is 11.3 Å². The number of aromatic nitrogens is 2. The number of anilines is 2. The Bertz CT molecular complexity index is 1120. The number of benzene rings is 2. The maximum atomic E-state index is 13.5. The summed E-state index contributed by atoms with van der Waals surface area (Å²) in [5.74, 6) is 1.39. The van der Waals surface area contributed by atoms with E-state index in [1.165, 1.54) is 12.1 Å². The molecule has 1 atom stereocenters. The molecule has 1 N–H and O–H groups in total. The monoisotopic (exact) mass is 454 g/mol. The first-order valence-corrected chi connectivity index (χ1v) is 11.2. The molecule has 168 valence electrons.